The van der Waals surface area contributed by atoms with Crippen molar-refractivity contribution in [1.82, 2.24) is 19.7 Å². The van der Waals surface area contributed by atoms with Crippen LogP contribution in [-0.4, -0.2) is 38.7 Å². The van der Waals surface area contributed by atoms with Crippen molar-refractivity contribution in [2.24, 2.45) is 5.73 Å². The number of rotatable bonds is 7. The first-order chi connectivity index (χ1) is 9.79. The molecule has 0 radical (unpaired) electrons. The van der Waals surface area contributed by atoms with Gasteiger partial charge in [-0.2, -0.15) is 5.10 Å². The van der Waals surface area contributed by atoms with E-state index in [9.17, 15) is 4.79 Å². The van der Waals surface area contributed by atoms with Crippen molar-refractivity contribution < 1.29 is 4.79 Å². The molecule has 2 rings (SSSR count). The quantitative estimate of drug-likeness (QED) is 0.803. The fraction of sp³-hybridized carbons (Fsp3) is 0.357. The maximum atomic E-state index is 12.2. The second-order valence-corrected chi connectivity index (χ2v) is 4.50. The van der Waals surface area contributed by atoms with Crippen LogP contribution < -0.4 is 5.73 Å². The molecule has 0 aliphatic carbocycles. The number of benzene rings is 1. The number of nitrogens with two attached hydrogens (primary N) is 1. The maximum Gasteiger partial charge on any atom is 0.224 e. The van der Waals surface area contributed by atoms with Crippen molar-refractivity contribution in [1.29, 1.82) is 0 Å². The van der Waals surface area contributed by atoms with Crippen LogP contribution in [0.2, 0.25) is 0 Å². The third kappa shape index (κ3) is 4.17. The van der Waals surface area contributed by atoms with Crippen LogP contribution in [0.5, 0.6) is 0 Å². The van der Waals surface area contributed by atoms with Gasteiger partial charge in [-0.25, -0.2) is 4.98 Å². The number of aryl methyl sites for hydroxylation is 1. The van der Waals surface area contributed by atoms with E-state index in [1.807, 2.05) is 30.3 Å². The van der Waals surface area contributed by atoms with E-state index < -0.39 is 0 Å². The zero-order valence-corrected chi connectivity index (χ0v) is 11.4. The van der Waals surface area contributed by atoms with Crippen LogP contribution in [-0.2, 0) is 17.9 Å². The van der Waals surface area contributed by atoms with Gasteiger partial charge in [-0.15, -0.1) is 0 Å². The zero-order chi connectivity index (χ0) is 14.2. The Bertz CT molecular complexity index is 512. The number of nitrogens with zero attached hydrogens (tertiary/aromatic N) is 4. The van der Waals surface area contributed by atoms with Crippen LogP contribution in [0.3, 0.4) is 0 Å². The molecule has 6 nitrogen and oxygen atoms in total. The lowest BCUT2D eigenvalue weighted by atomic mass is 10.2. The highest BCUT2D eigenvalue weighted by molar-refractivity contribution is 5.76. The Morgan fingerprint density at radius 1 is 1.30 bits per heavy atom. The van der Waals surface area contributed by atoms with Gasteiger partial charge in [0.05, 0.1) is 6.54 Å². The second kappa shape index (κ2) is 7.40. The molecule has 0 atom stereocenters. The molecule has 1 heterocycles. The predicted octanol–water partition coefficient (Wildman–Crippen LogP) is 0.656. The van der Waals surface area contributed by atoms with Gasteiger partial charge in [0.15, 0.2) is 0 Å². The molecule has 0 bridgehead atoms. The highest BCUT2D eigenvalue weighted by Gasteiger charge is 2.13. The molecule has 0 aliphatic heterocycles. The largest absolute Gasteiger partial charge is 0.337 e. The molecule has 0 fully saturated rings. The van der Waals surface area contributed by atoms with Gasteiger partial charge < -0.3 is 10.6 Å². The SMILES string of the molecule is NCCN(Cc1ccccc1)C(=O)CCn1cncn1. The number of hydrogen-bond acceptors (Lipinski definition) is 4. The van der Waals surface area contributed by atoms with Gasteiger partial charge in [-0.1, -0.05) is 30.3 Å². The lowest BCUT2D eigenvalue weighted by molar-refractivity contribution is -0.132. The minimum atomic E-state index is 0.0785. The summed E-state index contributed by atoms with van der Waals surface area (Å²) in [7, 11) is 0. The van der Waals surface area contributed by atoms with Crippen molar-refractivity contribution in [3.8, 4) is 0 Å². The van der Waals surface area contributed by atoms with Crippen molar-refractivity contribution in [3.63, 3.8) is 0 Å². The van der Waals surface area contributed by atoms with E-state index in [4.69, 9.17) is 5.73 Å². The van der Waals surface area contributed by atoms with Gasteiger partial charge in [0, 0.05) is 26.1 Å². The van der Waals surface area contributed by atoms with Crippen LogP contribution >= 0.6 is 0 Å². The molecule has 0 aliphatic rings. The minimum absolute atomic E-state index is 0.0785. The summed E-state index contributed by atoms with van der Waals surface area (Å²) in [5.41, 5.74) is 6.70. The van der Waals surface area contributed by atoms with E-state index in [1.165, 1.54) is 6.33 Å². The predicted molar refractivity (Wildman–Crippen MR) is 75.6 cm³/mol. The molecular formula is C14H19N5O. The molecule has 0 saturated heterocycles. The number of carbonyl (C=O) groups excluding carboxylic acids is 1. The van der Waals surface area contributed by atoms with Crippen LogP contribution in [0, 0.1) is 0 Å². The Balaban J connectivity index is 1.91. The molecule has 1 aromatic heterocycles. The minimum Gasteiger partial charge on any atom is -0.337 e. The monoisotopic (exact) mass is 273 g/mol. The fourth-order valence-corrected chi connectivity index (χ4v) is 1.97. The fourth-order valence-electron chi connectivity index (χ4n) is 1.97. The number of hydrogen-bond donors (Lipinski definition) is 1. The summed E-state index contributed by atoms with van der Waals surface area (Å²) < 4.78 is 1.65. The van der Waals surface area contributed by atoms with Crippen molar-refractivity contribution in [2.75, 3.05) is 13.1 Å². The summed E-state index contributed by atoms with van der Waals surface area (Å²) >= 11 is 0. The van der Waals surface area contributed by atoms with Crippen molar-refractivity contribution >= 4 is 5.91 Å². The molecule has 1 amide bonds. The molecule has 0 spiro atoms. The Labute approximate surface area is 118 Å². The maximum absolute atomic E-state index is 12.2. The van der Waals surface area contributed by atoms with Gasteiger partial charge in [0.1, 0.15) is 12.7 Å². The van der Waals surface area contributed by atoms with Gasteiger partial charge in [-0.3, -0.25) is 9.48 Å². The summed E-state index contributed by atoms with van der Waals surface area (Å²) in [6.07, 6.45) is 3.47. The number of carbonyl (C=O) groups is 1. The van der Waals surface area contributed by atoms with Crippen molar-refractivity contribution in [2.45, 2.75) is 19.5 Å². The molecule has 0 saturated carbocycles. The Hall–Kier alpha value is -2.21. The molecule has 2 N–H and O–H groups in total. The third-order valence-corrected chi connectivity index (χ3v) is 2.99. The van der Waals surface area contributed by atoms with Gasteiger partial charge in [0.25, 0.3) is 0 Å². The van der Waals surface area contributed by atoms with E-state index >= 15 is 0 Å². The van der Waals surface area contributed by atoms with Crippen LogP contribution in [0.25, 0.3) is 0 Å². The van der Waals surface area contributed by atoms with E-state index in [2.05, 4.69) is 10.1 Å². The van der Waals surface area contributed by atoms with Crippen LogP contribution in [0.1, 0.15) is 12.0 Å². The first kappa shape index (κ1) is 14.2. The van der Waals surface area contributed by atoms with E-state index in [0.29, 0.717) is 32.6 Å². The second-order valence-electron chi connectivity index (χ2n) is 4.50. The lowest BCUT2D eigenvalue weighted by Crippen LogP contribution is -2.35. The number of aromatic nitrogens is 3. The summed E-state index contributed by atoms with van der Waals surface area (Å²) in [6, 6.07) is 9.91. The third-order valence-electron chi connectivity index (χ3n) is 2.99. The highest BCUT2D eigenvalue weighted by Crippen LogP contribution is 2.06. The molecule has 6 heteroatoms. The van der Waals surface area contributed by atoms with Gasteiger partial charge in [0.2, 0.25) is 5.91 Å². The van der Waals surface area contributed by atoms with Crippen LogP contribution in [0.4, 0.5) is 0 Å². The first-order valence-corrected chi connectivity index (χ1v) is 6.64. The molecule has 2 aromatic rings. The lowest BCUT2D eigenvalue weighted by Gasteiger charge is -2.22. The average Bonchev–Trinajstić information content (AvgIpc) is 2.99. The average molecular weight is 273 g/mol. The zero-order valence-electron chi connectivity index (χ0n) is 11.4. The summed E-state index contributed by atoms with van der Waals surface area (Å²) in [5, 5.41) is 3.99. The summed E-state index contributed by atoms with van der Waals surface area (Å²) in [5.74, 6) is 0.0785. The first-order valence-electron chi connectivity index (χ1n) is 6.64. The van der Waals surface area contributed by atoms with Crippen molar-refractivity contribution in [3.05, 3.63) is 48.5 Å². The van der Waals surface area contributed by atoms with Gasteiger partial charge >= 0.3 is 0 Å². The van der Waals surface area contributed by atoms with E-state index in [1.54, 1.807) is 15.9 Å². The van der Waals surface area contributed by atoms with E-state index in [0.717, 1.165) is 5.56 Å². The molecule has 1 aromatic carbocycles. The Morgan fingerprint density at radius 3 is 2.75 bits per heavy atom. The van der Waals surface area contributed by atoms with Crippen LogP contribution in [0.15, 0.2) is 43.0 Å². The summed E-state index contributed by atoms with van der Waals surface area (Å²) in [6.45, 7) is 2.15. The Morgan fingerprint density at radius 2 is 2.10 bits per heavy atom. The summed E-state index contributed by atoms with van der Waals surface area (Å²) in [4.78, 5) is 17.9. The normalized spacial score (nSPS) is 10.4. The smallest absolute Gasteiger partial charge is 0.224 e. The molecule has 20 heavy (non-hydrogen) atoms. The molecule has 106 valence electrons. The standard InChI is InChI=1S/C14H19N5O/c15-7-9-18(10-13-4-2-1-3-5-13)14(20)6-8-19-12-16-11-17-19/h1-5,11-12H,6-10,15H2. The number of amides is 1. The Kier molecular flexibility index (Phi) is 5.25. The highest BCUT2D eigenvalue weighted by atomic mass is 16.2. The molecular weight excluding hydrogens is 254 g/mol. The van der Waals surface area contributed by atoms with E-state index in [-0.39, 0.29) is 5.91 Å². The van der Waals surface area contributed by atoms with Gasteiger partial charge in [-0.05, 0) is 5.56 Å². The molecule has 0 unspecified atom stereocenters. The topological polar surface area (TPSA) is 77.0 Å².